The molecular formula is C16H12Cl2N4O3. The Bertz CT molecular complexity index is 1090. The molecule has 3 rings (SSSR count). The van der Waals surface area contributed by atoms with Crippen molar-refractivity contribution in [2.75, 3.05) is 0 Å². The molecule has 0 unspecified atom stereocenters. The van der Waals surface area contributed by atoms with E-state index in [9.17, 15) is 14.9 Å². The molecule has 0 saturated carbocycles. The predicted molar refractivity (Wildman–Crippen MR) is 92.7 cm³/mol. The van der Waals surface area contributed by atoms with Crippen LogP contribution in [0.3, 0.4) is 0 Å². The Balaban J connectivity index is 2.45. The van der Waals surface area contributed by atoms with E-state index < -0.39 is 17.2 Å². The Labute approximate surface area is 152 Å². The summed E-state index contributed by atoms with van der Waals surface area (Å²) in [7, 11) is 2.80. The van der Waals surface area contributed by atoms with Crippen LogP contribution in [0.1, 0.15) is 17.0 Å². The van der Waals surface area contributed by atoms with Crippen molar-refractivity contribution in [3.8, 4) is 11.9 Å². The van der Waals surface area contributed by atoms with Gasteiger partial charge in [-0.15, -0.1) is 0 Å². The van der Waals surface area contributed by atoms with Gasteiger partial charge in [0.2, 0.25) is 11.8 Å². The van der Waals surface area contributed by atoms with Crippen molar-refractivity contribution < 1.29 is 4.74 Å². The van der Waals surface area contributed by atoms with Crippen LogP contribution in [0.25, 0.3) is 0 Å². The number of aromatic nitrogens is 2. The fourth-order valence-corrected chi connectivity index (χ4v) is 3.35. The van der Waals surface area contributed by atoms with Crippen LogP contribution in [-0.4, -0.2) is 9.13 Å². The Hall–Kier alpha value is -2.69. The SMILES string of the molecule is Cn1c2c(c(=O)n(C)c1=O)[C@@H](c1ccc(Cl)cc1Cl)C(C#N)=C(N)O2. The number of nitrogens with two attached hydrogens (primary N) is 1. The summed E-state index contributed by atoms with van der Waals surface area (Å²) in [5.41, 5.74) is 5.31. The van der Waals surface area contributed by atoms with Crippen LogP contribution in [0, 0.1) is 11.3 Å². The minimum Gasteiger partial charge on any atom is -0.423 e. The van der Waals surface area contributed by atoms with Gasteiger partial charge in [0.05, 0.1) is 11.5 Å². The Morgan fingerprint density at radius 2 is 1.92 bits per heavy atom. The lowest BCUT2D eigenvalue weighted by atomic mass is 9.85. The van der Waals surface area contributed by atoms with E-state index in [1.165, 1.54) is 20.2 Å². The van der Waals surface area contributed by atoms with E-state index in [0.29, 0.717) is 10.6 Å². The van der Waals surface area contributed by atoms with Crippen LogP contribution in [0.4, 0.5) is 0 Å². The second-order valence-electron chi connectivity index (χ2n) is 5.52. The topological polar surface area (TPSA) is 103 Å². The van der Waals surface area contributed by atoms with Crippen molar-refractivity contribution in [3.05, 3.63) is 71.7 Å². The number of hydrogen-bond donors (Lipinski definition) is 1. The lowest BCUT2D eigenvalue weighted by Gasteiger charge is -2.27. The van der Waals surface area contributed by atoms with E-state index in [0.717, 1.165) is 9.13 Å². The van der Waals surface area contributed by atoms with Gasteiger partial charge in [-0.2, -0.15) is 5.26 Å². The van der Waals surface area contributed by atoms with Crippen LogP contribution < -0.4 is 21.7 Å². The summed E-state index contributed by atoms with van der Waals surface area (Å²) in [6.45, 7) is 0. The fraction of sp³-hybridized carbons (Fsp3) is 0.188. The second kappa shape index (κ2) is 5.99. The van der Waals surface area contributed by atoms with E-state index in [1.807, 2.05) is 6.07 Å². The highest BCUT2D eigenvalue weighted by Crippen LogP contribution is 2.42. The number of rotatable bonds is 1. The molecule has 2 heterocycles. The maximum absolute atomic E-state index is 12.7. The molecule has 1 aliphatic rings. The lowest BCUT2D eigenvalue weighted by molar-refractivity contribution is 0.348. The van der Waals surface area contributed by atoms with Gasteiger partial charge >= 0.3 is 5.69 Å². The zero-order valence-electron chi connectivity index (χ0n) is 13.2. The Morgan fingerprint density at radius 1 is 1.24 bits per heavy atom. The average molecular weight is 379 g/mol. The molecule has 128 valence electrons. The van der Waals surface area contributed by atoms with E-state index in [2.05, 4.69) is 0 Å². The molecule has 0 fully saturated rings. The third kappa shape index (κ3) is 2.51. The first-order valence-corrected chi connectivity index (χ1v) is 7.86. The molecule has 0 aliphatic carbocycles. The summed E-state index contributed by atoms with van der Waals surface area (Å²) in [6, 6.07) is 6.68. The second-order valence-corrected chi connectivity index (χ2v) is 6.36. The van der Waals surface area contributed by atoms with Gasteiger partial charge in [0, 0.05) is 24.1 Å². The molecule has 2 aromatic rings. The van der Waals surface area contributed by atoms with Crippen molar-refractivity contribution >= 4 is 23.2 Å². The van der Waals surface area contributed by atoms with E-state index in [-0.39, 0.29) is 27.9 Å². The molecule has 2 N–H and O–H groups in total. The molecule has 1 atom stereocenters. The van der Waals surface area contributed by atoms with E-state index in [4.69, 9.17) is 33.7 Å². The van der Waals surface area contributed by atoms with Crippen molar-refractivity contribution in [1.29, 1.82) is 5.26 Å². The standard InChI is InChI=1S/C16H12Cl2N4O3/c1-21-14(23)12-11(8-4-3-7(17)5-10(8)18)9(6-19)13(20)25-15(12)22(2)16(21)24/h3-5,11H,20H2,1-2H3/t11-/m0/s1. The smallest absolute Gasteiger partial charge is 0.333 e. The van der Waals surface area contributed by atoms with Crippen LogP contribution >= 0.6 is 23.2 Å². The average Bonchev–Trinajstić information content (AvgIpc) is 2.57. The van der Waals surface area contributed by atoms with Gasteiger partial charge in [-0.05, 0) is 17.7 Å². The fourth-order valence-electron chi connectivity index (χ4n) is 2.83. The number of fused-ring (bicyclic) bond motifs is 1. The van der Waals surface area contributed by atoms with Gasteiger partial charge in [0.15, 0.2) is 0 Å². The van der Waals surface area contributed by atoms with Gasteiger partial charge in [-0.25, -0.2) is 4.79 Å². The number of halogens is 2. The molecule has 1 aromatic heterocycles. The van der Waals surface area contributed by atoms with Gasteiger partial charge < -0.3 is 10.5 Å². The quantitative estimate of drug-likeness (QED) is 0.811. The summed E-state index contributed by atoms with van der Waals surface area (Å²) < 4.78 is 7.51. The molecule has 0 amide bonds. The van der Waals surface area contributed by atoms with E-state index in [1.54, 1.807) is 12.1 Å². The summed E-state index contributed by atoms with van der Waals surface area (Å²) in [6.07, 6.45) is 0. The van der Waals surface area contributed by atoms with Crippen LogP contribution in [-0.2, 0) is 14.1 Å². The zero-order chi connectivity index (χ0) is 18.5. The van der Waals surface area contributed by atoms with Crippen LogP contribution in [0.5, 0.6) is 5.88 Å². The molecule has 9 heteroatoms. The first kappa shape index (κ1) is 17.1. The molecule has 7 nitrogen and oxygen atoms in total. The normalized spacial score (nSPS) is 16.2. The molecule has 1 aliphatic heterocycles. The number of hydrogen-bond acceptors (Lipinski definition) is 5. The predicted octanol–water partition coefficient (Wildman–Crippen LogP) is 1.61. The molecule has 0 spiro atoms. The summed E-state index contributed by atoms with van der Waals surface area (Å²) in [4.78, 5) is 24.9. The Morgan fingerprint density at radius 3 is 2.52 bits per heavy atom. The highest BCUT2D eigenvalue weighted by Gasteiger charge is 2.36. The molecule has 25 heavy (non-hydrogen) atoms. The lowest BCUT2D eigenvalue weighted by Crippen LogP contribution is -2.42. The van der Waals surface area contributed by atoms with Crippen molar-refractivity contribution in [1.82, 2.24) is 9.13 Å². The van der Waals surface area contributed by atoms with E-state index >= 15 is 0 Å². The molecule has 0 saturated heterocycles. The maximum atomic E-state index is 12.7. The molecule has 0 bridgehead atoms. The highest BCUT2D eigenvalue weighted by atomic mass is 35.5. The molecule has 1 aromatic carbocycles. The van der Waals surface area contributed by atoms with Gasteiger partial charge in [0.1, 0.15) is 11.6 Å². The summed E-state index contributed by atoms with van der Waals surface area (Å²) in [5, 5.41) is 10.2. The third-order valence-electron chi connectivity index (χ3n) is 4.09. The van der Waals surface area contributed by atoms with Gasteiger partial charge in [0.25, 0.3) is 5.56 Å². The summed E-state index contributed by atoms with van der Waals surface area (Å²) in [5.74, 6) is -1.07. The van der Waals surface area contributed by atoms with Gasteiger partial charge in [-0.1, -0.05) is 29.3 Å². The number of benzene rings is 1. The Kier molecular flexibility index (Phi) is 4.11. The zero-order valence-corrected chi connectivity index (χ0v) is 14.7. The summed E-state index contributed by atoms with van der Waals surface area (Å²) >= 11 is 12.2. The number of ether oxygens (including phenoxy) is 1. The monoisotopic (exact) mass is 378 g/mol. The van der Waals surface area contributed by atoms with Crippen LogP contribution in [0.15, 0.2) is 39.2 Å². The number of nitriles is 1. The minimum atomic E-state index is -0.871. The first-order chi connectivity index (χ1) is 11.8. The van der Waals surface area contributed by atoms with Crippen molar-refractivity contribution in [2.45, 2.75) is 5.92 Å². The van der Waals surface area contributed by atoms with Gasteiger partial charge in [-0.3, -0.25) is 13.9 Å². The van der Waals surface area contributed by atoms with Crippen molar-refractivity contribution in [2.24, 2.45) is 19.8 Å². The first-order valence-electron chi connectivity index (χ1n) is 7.10. The molecule has 0 radical (unpaired) electrons. The van der Waals surface area contributed by atoms with Crippen LogP contribution in [0.2, 0.25) is 10.0 Å². The minimum absolute atomic E-state index is 0.0133. The largest absolute Gasteiger partial charge is 0.423 e. The maximum Gasteiger partial charge on any atom is 0.333 e. The third-order valence-corrected chi connectivity index (χ3v) is 4.65. The number of nitrogens with zero attached hydrogens (tertiary/aromatic N) is 3. The number of allylic oxidation sites excluding steroid dienone is 1. The highest BCUT2D eigenvalue weighted by molar-refractivity contribution is 6.35. The van der Waals surface area contributed by atoms with Crippen molar-refractivity contribution in [3.63, 3.8) is 0 Å². The molecular weight excluding hydrogens is 367 g/mol.